The minimum absolute atomic E-state index is 0.0529. The van der Waals surface area contributed by atoms with Crippen molar-refractivity contribution in [1.29, 1.82) is 0 Å². The van der Waals surface area contributed by atoms with E-state index in [4.69, 9.17) is 33.8 Å². The molecule has 2 aliphatic heterocycles. The number of hydrogen-bond acceptors (Lipinski definition) is 12. The molecule has 62 heavy (non-hydrogen) atoms. The van der Waals surface area contributed by atoms with Crippen LogP contribution in [0.25, 0.3) is 10.4 Å². The molecule has 0 spiro atoms. The number of nitrogens with one attached hydrogen (secondary N) is 2. The van der Waals surface area contributed by atoms with Crippen LogP contribution in [0.5, 0.6) is 17.2 Å². The third-order valence-corrected chi connectivity index (χ3v) is 10.5. The van der Waals surface area contributed by atoms with E-state index in [1.165, 1.54) is 18.6 Å². The summed E-state index contributed by atoms with van der Waals surface area (Å²) in [6, 6.07) is 20.2. The fourth-order valence-corrected chi connectivity index (χ4v) is 7.67. The van der Waals surface area contributed by atoms with Crippen LogP contribution >= 0.6 is 0 Å². The molecule has 2 N–H and O–H groups in total. The summed E-state index contributed by atoms with van der Waals surface area (Å²) in [5.41, 5.74) is 12.2. The Hall–Kier alpha value is -6.33. The summed E-state index contributed by atoms with van der Waals surface area (Å²) in [6.45, 7) is 6.22. The maximum atomic E-state index is 14.7. The van der Waals surface area contributed by atoms with E-state index in [1.54, 1.807) is 25.3 Å². The first kappa shape index (κ1) is 45.2. The Bertz CT molecular complexity index is 2260. The zero-order chi connectivity index (χ0) is 43.9. The minimum atomic E-state index is -2.64. The summed E-state index contributed by atoms with van der Waals surface area (Å²) < 4.78 is 38.2. The van der Waals surface area contributed by atoms with Gasteiger partial charge in [0.2, 0.25) is 5.91 Å². The van der Waals surface area contributed by atoms with Gasteiger partial charge in [0, 0.05) is 68.4 Å². The molecule has 3 heterocycles. The first-order chi connectivity index (χ1) is 30.1. The second-order valence-corrected chi connectivity index (χ2v) is 15.4. The van der Waals surface area contributed by atoms with Crippen molar-refractivity contribution in [1.82, 2.24) is 20.6 Å². The number of methoxy groups -OCH3 is 1. The molecule has 3 atom stereocenters. The molecule has 0 aliphatic carbocycles. The smallest absolute Gasteiger partial charge is 0.621 e. The van der Waals surface area contributed by atoms with Gasteiger partial charge in [-0.1, -0.05) is 49.3 Å². The number of carbonyl (C=O) groups is 3. The molecule has 0 saturated heterocycles. The highest BCUT2D eigenvalue weighted by Gasteiger charge is 2.63. The number of amides is 2. The molecule has 2 amide bonds. The number of ether oxygens (including phenoxy) is 4. The van der Waals surface area contributed by atoms with Gasteiger partial charge in [-0.15, -0.1) is 0 Å². The number of aromatic nitrogens is 2. The minimum Gasteiger partial charge on any atom is -0.621 e. The summed E-state index contributed by atoms with van der Waals surface area (Å²) in [6.07, 6.45) is 4.96. The predicted octanol–water partition coefficient (Wildman–Crippen LogP) is 5.65. The van der Waals surface area contributed by atoms with E-state index in [0.717, 1.165) is 16.8 Å². The Labute approximate surface area is 360 Å². The van der Waals surface area contributed by atoms with E-state index in [9.17, 15) is 14.4 Å². The first-order valence-electron chi connectivity index (χ1n) is 20.8. The fourth-order valence-electron chi connectivity index (χ4n) is 7.67. The molecule has 6 rings (SSSR count). The Morgan fingerprint density at radius 2 is 1.69 bits per heavy atom. The second-order valence-electron chi connectivity index (χ2n) is 15.4. The fraction of sp³-hybridized carbons (Fsp3) is 0.409. The van der Waals surface area contributed by atoms with Crippen molar-refractivity contribution in [3.8, 4) is 17.2 Å². The standard InChI is InChI=1S/C44H53BN8O9/c1-30(2)24-42(51-44(56)34(25-32-8-6-5-7-9-32)26-39(54)37-29-47-14-15-48-37)45-53(38-12-10-33(27-41(38)62-45)43(55)49-16-17-50-52-46)31(3)36-28-35(11-13-40(36)61-45)60-23-22-59-21-20-58-19-18-57-4/h5-15,27-30,34,42H,16-26H2,1-4H3,(H,49,55)(H,51,56)/t34?,42-,45?/m0/s1. The molecule has 4 aromatic rings. The number of ketones is 1. The number of rotatable bonds is 24. The van der Waals surface area contributed by atoms with Gasteiger partial charge in [-0.2, -0.15) is 0 Å². The Morgan fingerprint density at radius 1 is 0.935 bits per heavy atom. The second kappa shape index (κ2) is 22.0. The maximum Gasteiger partial charge on any atom is 0.675 e. The Morgan fingerprint density at radius 3 is 2.42 bits per heavy atom. The summed E-state index contributed by atoms with van der Waals surface area (Å²) in [4.78, 5) is 52.6. The van der Waals surface area contributed by atoms with Gasteiger partial charge in [0.1, 0.15) is 29.5 Å². The van der Waals surface area contributed by atoms with Crippen LogP contribution in [0.4, 0.5) is 5.69 Å². The first-order valence-corrected chi connectivity index (χ1v) is 20.8. The van der Waals surface area contributed by atoms with Crippen LogP contribution in [0.1, 0.15) is 65.6 Å². The van der Waals surface area contributed by atoms with Gasteiger partial charge >= 0.3 is 6.69 Å². The number of fused-ring (bicyclic) bond motifs is 4. The van der Waals surface area contributed by atoms with Crippen LogP contribution < -0.4 is 24.7 Å². The molecule has 326 valence electrons. The lowest BCUT2D eigenvalue weighted by molar-refractivity contribution is -0.327. The van der Waals surface area contributed by atoms with Crippen molar-refractivity contribution in [3.05, 3.63) is 118 Å². The van der Waals surface area contributed by atoms with Gasteiger partial charge in [-0.3, -0.25) is 19.4 Å². The zero-order valence-corrected chi connectivity index (χ0v) is 35.5. The lowest BCUT2D eigenvalue weighted by atomic mass is 9.58. The number of nitrogens with zero attached hydrogens (tertiary/aromatic N) is 6. The summed E-state index contributed by atoms with van der Waals surface area (Å²) in [5, 5.41) is 9.58. The average Bonchev–Trinajstić information content (AvgIpc) is 3.62. The number of benzene rings is 3. The van der Waals surface area contributed by atoms with Crippen molar-refractivity contribution in [2.24, 2.45) is 17.0 Å². The molecule has 0 fully saturated rings. The number of carbonyl (C=O) groups excluding carboxylic acids is 3. The maximum absolute atomic E-state index is 14.7. The SMILES string of the molecule is COCCOCCOCCOc1ccc2c(c1)C(C)=[N+]1c3ccc(C(=O)NCCN=[N+]=[N-])cc3O[B-]1([C@H](CC(C)C)NC(=O)C(CC(=O)c1cnccn1)Cc1ccccc1)O2. The van der Waals surface area contributed by atoms with Crippen LogP contribution in [0.2, 0.25) is 0 Å². The molecule has 1 aromatic heterocycles. The molecular formula is C44H53BN8O9. The lowest BCUT2D eigenvalue weighted by Gasteiger charge is -2.42. The van der Waals surface area contributed by atoms with Crippen molar-refractivity contribution >= 4 is 35.7 Å². The van der Waals surface area contributed by atoms with Crippen molar-refractivity contribution < 1.29 is 47.1 Å². The van der Waals surface area contributed by atoms with E-state index in [0.29, 0.717) is 81.0 Å². The average molecular weight is 849 g/mol. The summed E-state index contributed by atoms with van der Waals surface area (Å²) in [5.74, 6) is -1.03. The van der Waals surface area contributed by atoms with Crippen LogP contribution in [0.15, 0.2) is 90.4 Å². The third kappa shape index (κ3) is 11.3. The molecule has 3 aromatic carbocycles. The molecule has 0 saturated carbocycles. The Kier molecular flexibility index (Phi) is 16.0. The van der Waals surface area contributed by atoms with Crippen LogP contribution in [-0.4, -0.2) is 110 Å². The molecule has 17 nitrogen and oxygen atoms in total. The normalized spacial score (nSPS) is 15.8. The molecule has 2 aliphatic rings. The number of azide groups is 1. The van der Waals surface area contributed by atoms with E-state index in [2.05, 4.69) is 30.6 Å². The van der Waals surface area contributed by atoms with E-state index in [1.807, 2.05) is 73.8 Å². The van der Waals surface area contributed by atoms with E-state index in [-0.39, 0.29) is 48.7 Å². The van der Waals surface area contributed by atoms with E-state index < -0.39 is 18.5 Å². The molecule has 2 unspecified atom stereocenters. The van der Waals surface area contributed by atoms with Gasteiger partial charge in [-0.25, -0.2) is 4.98 Å². The Balaban J connectivity index is 1.33. The van der Waals surface area contributed by atoms with Gasteiger partial charge < -0.3 is 43.4 Å². The topological polar surface area (TPSA) is 208 Å². The van der Waals surface area contributed by atoms with Crippen molar-refractivity contribution in [2.75, 3.05) is 59.8 Å². The van der Waals surface area contributed by atoms with Crippen LogP contribution in [-0.2, 0) is 25.4 Å². The van der Waals surface area contributed by atoms with Gasteiger partial charge in [0.05, 0.1) is 56.5 Å². The van der Waals surface area contributed by atoms with Crippen LogP contribution in [0.3, 0.4) is 0 Å². The number of hydrogen-bond donors (Lipinski definition) is 2. The lowest BCUT2D eigenvalue weighted by Crippen LogP contribution is -2.71. The quantitative estimate of drug-likeness (QED) is 0.0220. The monoisotopic (exact) mass is 848 g/mol. The van der Waals surface area contributed by atoms with Crippen molar-refractivity contribution in [2.45, 2.75) is 46.0 Å². The third-order valence-electron chi connectivity index (χ3n) is 10.5. The van der Waals surface area contributed by atoms with Crippen LogP contribution in [0, 0.1) is 11.8 Å². The zero-order valence-electron chi connectivity index (χ0n) is 35.5. The van der Waals surface area contributed by atoms with Gasteiger partial charge in [0.15, 0.2) is 11.5 Å². The molecular weight excluding hydrogens is 795 g/mol. The summed E-state index contributed by atoms with van der Waals surface area (Å²) >= 11 is 0. The van der Waals surface area contributed by atoms with E-state index >= 15 is 0 Å². The predicted molar refractivity (Wildman–Crippen MR) is 231 cm³/mol. The van der Waals surface area contributed by atoms with Gasteiger partial charge in [0.25, 0.3) is 5.91 Å². The highest BCUT2D eigenvalue weighted by Crippen LogP contribution is 2.46. The largest absolute Gasteiger partial charge is 0.675 e. The highest BCUT2D eigenvalue weighted by atomic mass is 16.6. The van der Waals surface area contributed by atoms with Crippen molar-refractivity contribution in [3.63, 3.8) is 0 Å². The highest BCUT2D eigenvalue weighted by molar-refractivity contribution is 6.65. The number of Topliss-reactive ketones (excluding diaryl/α,β-unsaturated/α-hetero) is 1. The molecule has 0 bridgehead atoms. The summed E-state index contributed by atoms with van der Waals surface area (Å²) in [7, 11) is 1.62. The van der Waals surface area contributed by atoms with Gasteiger partial charge in [-0.05, 0) is 60.2 Å². The molecule has 0 radical (unpaired) electrons. The molecule has 18 heteroatoms.